The number of nitrogens with zero attached hydrogens (tertiary/aromatic N) is 4. The number of aromatic nitrogens is 3. The molecule has 0 radical (unpaired) electrons. The van der Waals surface area contributed by atoms with Crippen LogP contribution in [-0.2, 0) is 17.2 Å². The monoisotopic (exact) mass is 338 g/mol. The minimum atomic E-state index is -3.88. The second-order valence-corrected chi connectivity index (χ2v) is 7.89. The van der Waals surface area contributed by atoms with E-state index in [0.717, 1.165) is 42.5 Å². The van der Waals surface area contributed by atoms with Crippen molar-refractivity contribution in [3.05, 3.63) is 18.6 Å². The van der Waals surface area contributed by atoms with Crippen LogP contribution in [0.15, 0.2) is 18.6 Å². The van der Waals surface area contributed by atoms with Gasteiger partial charge in [-0.05, 0) is 37.7 Å². The van der Waals surface area contributed by atoms with Crippen molar-refractivity contribution in [3.8, 4) is 0 Å². The molecule has 1 aliphatic carbocycles. The van der Waals surface area contributed by atoms with E-state index in [1.807, 2.05) is 30.9 Å². The normalized spacial score (nSPS) is 22.4. The van der Waals surface area contributed by atoms with Crippen molar-refractivity contribution in [2.24, 2.45) is 13.0 Å². The van der Waals surface area contributed by atoms with Crippen LogP contribution >= 0.6 is 0 Å². The van der Waals surface area contributed by atoms with E-state index in [0.29, 0.717) is 6.04 Å². The number of hydrogen-bond acceptors (Lipinski definition) is 5. The van der Waals surface area contributed by atoms with Gasteiger partial charge in [-0.25, -0.2) is 9.97 Å². The molecule has 1 aliphatic rings. The maximum Gasteiger partial charge on any atom is 0.265 e. The zero-order valence-corrected chi connectivity index (χ0v) is 14.2. The molecule has 2 heterocycles. The van der Waals surface area contributed by atoms with Crippen LogP contribution in [0.5, 0.6) is 0 Å². The fraction of sp³-hybridized carbons (Fsp3) is 0.600. The van der Waals surface area contributed by atoms with Gasteiger partial charge in [0, 0.05) is 26.3 Å². The average molecular weight is 338 g/mol. The predicted octanol–water partition coefficient (Wildman–Crippen LogP) is 1.85. The third-order valence-electron chi connectivity index (χ3n) is 4.79. The Morgan fingerprint density at radius 3 is 2.65 bits per heavy atom. The van der Waals surface area contributed by atoms with Gasteiger partial charge in [-0.3, -0.25) is 4.55 Å². The number of hydrogen-bond donors (Lipinski definition) is 1. The molecule has 0 amide bonds. The van der Waals surface area contributed by atoms with E-state index in [1.165, 1.54) is 0 Å². The first-order valence-corrected chi connectivity index (χ1v) is 9.40. The predicted molar refractivity (Wildman–Crippen MR) is 89.1 cm³/mol. The molecule has 0 saturated heterocycles. The maximum absolute atomic E-state index is 11.0. The largest absolute Gasteiger partial charge is 0.356 e. The molecule has 2 aromatic rings. The molecule has 0 aromatic carbocycles. The van der Waals surface area contributed by atoms with Crippen molar-refractivity contribution in [1.29, 1.82) is 0 Å². The Labute approximate surface area is 136 Å². The zero-order valence-electron chi connectivity index (χ0n) is 13.4. The molecule has 2 aromatic heterocycles. The molecule has 126 valence electrons. The number of aryl methyl sites for hydroxylation is 1. The minimum absolute atomic E-state index is 0.0526. The van der Waals surface area contributed by atoms with Crippen molar-refractivity contribution >= 4 is 27.0 Å². The van der Waals surface area contributed by atoms with Crippen molar-refractivity contribution < 1.29 is 13.0 Å². The van der Waals surface area contributed by atoms with Gasteiger partial charge < -0.3 is 9.47 Å². The van der Waals surface area contributed by atoms with Crippen LogP contribution in [0.1, 0.15) is 25.7 Å². The SMILES string of the molecule is Cn1ccc2c(N(C)[C@H]3CC[C@H](CS(=O)(=O)O)CC3)ncnc21. The minimum Gasteiger partial charge on any atom is -0.356 e. The second kappa shape index (κ2) is 6.09. The molecule has 0 spiro atoms. The first-order chi connectivity index (χ1) is 10.8. The van der Waals surface area contributed by atoms with E-state index in [2.05, 4.69) is 14.9 Å². The highest BCUT2D eigenvalue weighted by Gasteiger charge is 2.28. The van der Waals surface area contributed by atoms with Crippen LogP contribution in [0, 0.1) is 5.92 Å². The van der Waals surface area contributed by atoms with E-state index in [9.17, 15) is 8.42 Å². The standard InChI is InChI=1S/C15H22N4O3S/c1-18-8-7-13-14(18)16-10-17-15(13)19(2)12-5-3-11(4-6-12)9-23(20,21)22/h7-8,10-12H,3-6,9H2,1-2H3,(H,20,21,22)/t11-,12-. The Bertz CT molecular complexity index is 794. The Balaban J connectivity index is 1.73. The highest BCUT2D eigenvalue weighted by molar-refractivity contribution is 7.85. The average Bonchev–Trinajstić information content (AvgIpc) is 2.87. The van der Waals surface area contributed by atoms with E-state index in [4.69, 9.17) is 4.55 Å². The summed E-state index contributed by atoms with van der Waals surface area (Å²) in [6.07, 6.45) is 6.96. The first kappa shape index (κ1) is 16.2. The summed E-state index contributed by atoms with van der Waals surface area (Å²) < 4.78 is 33.0. The molecule has 7 nitrogen and oxygen atoms in total. The molecule has 0 unspecified atom stereocenters. The van der Waals surface area contributed by atoms with Gasteiger partial charge in [0.15, 0.2) is 0 Å². The van der Waals surface area contributed by atoms with Crippen molar-refractivity contribution in [3.63, 3.8) is 0 Å². The van der Waals surface area contributed by atoms with Crippen molar-refractivity contribution in [2.75, 3.05) is 17.7 Å². The lowest BCUT2D eigenvalue weighted by atomic mass is 9.86. The summed E-state index contributed by atoms with van der Waals surface area (Å²) in [5.41, 5.74) is 0.905. The smallest absolute Gasteiger partial charge is 0.265 e. The second-order valence-electron chi connectivity index (χ2n) is 6.40. The quantitative estimate of drug-likeness (QED) is 0.856. The summed E-state index contributed by atoms with van der Waals surface area (Å²) in [6.45, 7) is 0. The van der Waals surface area contributed by atoms with Gasteiger partial charge in [-0.2, -0.15) is 8.42 Å². The third-order valence-corrected chi connectivity index (χ3v) is 5.68. The van der Waals surface area contributed by atoms with Crippen LogP contribution in [0.25, 0.3) is 11.0 Å². The van der Waals surface area contributed by atoms with Gasteiger partial charge >= 0.3 is 0 Å². The summed E-state index contributed by atoms with van der Waals surface area (Å²) >= 11 is 0. The van der Waals surface area contributed by atoms with Gasteiger partial charge in [0.2, 0.25) is 0 Å². The Hall–Kier alpha value is -1.67. The topological polar surface area (TPSA) is 88.3 Å². The number of anilines is 1. The summed E-state index contributed by atoms with van der Waals surface area (Å²) in [6, 6.07) is 2.34. The highest BCUT2D eigenvalue weighted by Crippen LogP contribution is 2.32. The van der Waals surface area contributed by atoms with Crippen LogP contribution in [0.3, 0.4) is 0 Å². The van der Waals surface area contributed by atoms with E-state index >= 15 is 0 Å². The molecular formula is C15H22N4O3S. The van der Waals surface area contributed by atoms with Gasteiger partial charge in [-0.15, -0.1) is 0 Å². The molecule has 23 heavy (non-hydrogen) atoms. The molecule has 8 heteroatoms. The molecular weight excluding hydrogens is 316 g/mol. The van der Waals surface area contributed by atoms with E-state index in [1.54, 1.807) is 6.33 Å². The maximum atomic E-state index is 11.0. The van der Waals surface area contributed by atoms with Crippen LogP contribution in [0.2, 0.25) is 0 Å². The number of rotatable bonds is 4. The molecule has 0 aliphatic heterocycles. The number of fused-ring (bicyclic) bond motifs is 1. The van der Waals surface area contributed by atoms with Gasteiger partial charge in [0.1, 0.15) is 17.8 Å². The summed E-state index contributed by atoms with van der Waals surface area (Å²) in [7, 11) is 0.112. The van der Waals surface area contributed by atoms with Crippen LogP contribution < -0.4 is 4.90 Å². The lowest BCUT2D eigenvalue weighted by Crippen LogP contribution is -2.37. The Morgan fingerprint density at radius 2 is 2.00 bits per heavy atom. The zero-order chi connectivity index (χ0) is 16.6. The van der Waals surface area contributed by atoms with Crippen molar-refractivity contribution in [1.82, 2.24) is 14.5 Å². The van der Waals surface area contributed by atoms with Gasteiger partial charge in [0.25, 0.3) is 10.1 Å². The fourth-order valence-corrected chi connectivity index (χ4v) is 4.44. The molecule has 1 saturated carbocycles. The molecule has 0 atom stereocenters. The van der Waals surface area contributed by atoms with Crippen LogP contribution in [-0.4, -0.2) is 46.3 Å². The van der Waals surface area contributed by atoms with Gasteiger partial charge in [0.05, 0.1) is 11.1 Å². The van der Waals surface area contributed by atoms with E-state index < -0.39 is 10.1 Å². The molecule has 1 fully saturated rings. The highest BCUT2D eigenvalue weighted by atomic mass is 32.2. The third kappa shape index (κ3) is 3.48. The van der Waals surface area contributed by atoms with Gasteiger partial charge in [-0.1, -0.05) is 0 Å². The Morgan fingerprint density at radius 1 is 1.30 bits per heavy atom. The lowest BCUT2D eigenvalue weighted by Gasteiger charge is -2.35. The fourth-order valence-electron chi connectivity index (χ4n) is 3.52. The molecule has 3 rings (SSSR count). The molecule has 0 bridgehead atoms. The summed E-state index contributed by atoms with van der Waals surface area (Å²) in [5.74, 6) is 0.838. The van der Waals surface area contributed by atoms with Crippen molar-refractivity contribution in [2.45, 2.75) is 31.7 Å². The lowest BCUT2D eigenvalue weighted by molar-refractivity contribution is 0.335. The van der Waals surface area contributed by atoms with E-state index in [-0.39, 0.29) is 11.7 Å². The summed E-state index contributed by atoms with van der Waals surface area (Å²) in [5, 5.41) is 1.03. The summed E-state index contributed by atoms with van der Waals surface area (Å²) in [4.78, 5) is 10.9. The first-order valence-electron chi connectivity index (χ1n) is 7.79. The van der Waals surface area contributed by atoms with Crippen LogP contribution in [0.4, 0.5) is 5.82 Å². The molecule has 1 N–H and O–H groups in total. The Kier molecular flexibility index (Phi) is 4.29.